The fourth-order valence-electron chi connectivity index (χ4n) is 3.73. The van der Waals surface area contributed by atoms with Gasteiger partial charge >= 0.3 is 0 Å². The van der Waals surface area contributed by atoms with Crippen molar-refractivity contribution in [2.24, 2.45) is 0 Å². The van der Waals surface area contributed by atoms with Gasteiger partial charge in [0.05, 0.1) is 32.0 Å². The molecule has 1 aromatic carbocycles. The summed E-state index contributed by atoms with van der Waals surface area (Å²) >= 11 is 0. The summed E-state index contributed by atoms with van der Waals surface area (Å²) in [4.78, 5) is 2.32. The molecule has 29 heavy (non-hydrogen) atoms. The van der Waals surface area contributed by atoms with Crippen LogP contribution >= 0.6 is 0 Å². The quantitative estimate of drug-likeness (QED) is 0.519. The van der Waals surface area contributed by atoms with Crippen LogP contribution in [-0.2, 0) is 11.3 Å². The molecule has 1 aliphatic heterocycles. The van der Waals surface area contributed by atoms with Crippen molar-refractivity contribution in [3.8, 4) is 16.9 Å². The topological polar surface area (TPSA) is 65.0 Å². The van der Waals surface area contributed by atoms with Crippen molar-refractivity contribution in [1.82, 2.24) is 19.7 Å². The number of aromatic nitrogens is 3. The van der Waals surface area contributed by atoms with E-state index in [1.54, 1.807) is 13.4 Å². The number of furan rings is 1. The van der Waals surface area contributed by atoms with Gasteiger partial charge in [0.1, 0.15) is 23.3 Å². The van der Waals surface area contributed by atoms with Crippen LogP contribution < -0.4 is 4.74 Å². The van der Waals surface area contributed by atoms with E-state index >= 15 is 0 Å². The van der Waals surface area contributed by atoms with Gasteiger partial charge in [0.2, 0.25) is 0 Å². The Morgan fingerprint density at radius 2 is 1.97 bits per heavy atom. The summed E-state index contributed by atoms with van der Waals surface area (Å²) in [5.74, 6) is 1.80. The van der Waals surface area contributed by atoms with Gasteiger partial charge in [0, 0.05) is 24.8 Å². The molecule has 0 amide bonds. The summed E-state index contributed by atoms with van der Waals surface area (Å²) in [5, 5.41) is 8.77. The van der Waals surface area contributed by atoms with Crippen molar-refractivity contribution < 1.29 is 13.9 Å². The smallest absolute Gasteiger partial charge is 0.121 e. The molecule has 0 spiro atoms. The van der Waals surface area contributed by atoms with Gasteiger partial charge in [-0.15, -0.1) is 5.10 Å². The van der Waals surface area contributed by atoms with Crippen molar-refractivity contribution in [1.29, 1.82) is 0 Å². The predicted molar refractivity (Wildman–Crippen MR) is 108 cm³/mol. The lowest BCUT2D eigenvalue weighted by molar-refractivity contribution is -0.0360. The van der Waals surface area contributed by atoms with E-state index in [9.17, 15) is 0 Å². The number of benzene rings is 1. The zero-order valence-electron chi connectivity index (χ0n) is 16.2. The number of hydrogen-bond donors (Lipinski definition) is 0. The van der Waals surface area contributed by atoms with Crippen LogP contribution in [0.3, 0.4) is 0 Å². The van der Waals surface area contributed by atoms with E-state index in [0.717, 1.165) is 53.5 Å². The van der Waals surface area contributed by atoms with Crippen LogP contribution in [0.5, 0.6) is 5.75 Å². The lowest BCUT2D eigenvalue weighted by atomic mass is 10.1. The number of fused-ring (bicyclic) bond motifs is 1. The number of ether oxygens (including phenoxy) is 2. The van der Waals surface area contributed by atoms with E-state index in [0.29, 0.717) is 6.61 Å². The lowest BCUT2D eigenvalue weighted by Gasteiger charge is -2.31. The molecule has 1 saturated heterocycles. The van der Waals surface area contributed by atoms with Crippen molar-refractivity contribution in [2.75, 3.05) is 26.8 Å². The Morgan fingerprint density at radius 1 is 1.10 bits per heavy atom. The molecule has 3 aromatic heterocycles. The first-order valence-electron chi connectivity index (χ1n) is 9.66. The number of morpholine rings is 1. The Labute approximate surface area is 168 Å². The molecule has 4 heterocycles. The van der Waals surface area contributed by atoms with Gasteiger partial charge in [-0.25, -0.2) is 4.52 Å². The van der Waals surface area contributed by atoms with Gasteiger partial charge in [0.15, 0.2) is 0 Å². The van der Waals surface area contributed by atoms with Gasteiger partial charge < -0.3 is 13.9 Å². The van der Waals surface area contributed by atoms with Crippen LogP contribution in [0.2, 0.25) is 0 Å². The number of methoxy groups -OCH3 is 1. The molecule has 7 nitrogen and oxygen atoms in total. The molecule has 0 bridgehead atoms. The summed E-state index contributed by atoms with van der Waals surface area (Å²) < 4.78 is 18.6. The summed E-state index contributed by atoms with van der Waals surface area (Å²) in [6.45, 7) is 3.06. The van der Waals surface area contributed by atoms with Gasteiger partial charge in [-0.05, 0) is 35.9 Å². The zero-order valence-corrected chi connectivity index (χ0v) is 16.2. The summed E-state index contributed by atoms with van der Waals surface area (Å²) in [6.07, 6.45) is 3.60. The maximum Gasteiger partial charge on any atom is 0.121 e. The van der Waals surface area contributed by atoms with Crippen molar-refractivity contribution in [2.45, 2.75) is 12.6 Å². The van der Waals surface area contributed by atoms with Crippen LogP contribution in [0, 0.1) is 0 Å². The van der Waals surface area contributed by atoms with Gasteiger partial charge in [-0.1, -0.05) is 23.4 Å². The van der Waals surface area contributed by atoms with E-state index in [1.807, 2.05) is 47.1 Å². The highest BCUT2D eigenvalue weighted by molar-refractivity contribution is 5.66. The average molecular weight is 390 g/mol. The number of pyridine rings is 1. The Bertz CT molecular complexity index is 1090. The Balaban J connectivity index is 1.37. The maximum absolute atomic E-state index is 6.02. The first-order valence-corrected chi connectivity index (χ1v) is 9.66. The molecule has 5 rings (SSSR count). The molecule has 0 unspecified atom stereocenters. The van der Waals surface area contributed by atoms with Crippen molar-refractivity contribution in [3.05, 3.63) is 72.4 Å². The van der Waals surface area contributed by atoms with Crippen LogP contribution in [0.25, 0.3) is 16.6 Å². The molecule has 1 aliphatic rings. The molecule has 148 valence electrons. The highest BCUT2D eigenvalue weighted by Crippen LogP contribution is 2.28. The predicted octanol–water partition coefficient (Wildman–Crippen LogP) is 3.57. The first-order chi connectivity index (χ1) is 14.3. The van der Waals surface area contributed by atoms with Gasteiger partial charge in [-0.2, -0.15) is 0 Å². The van der Waals surface area contributed by atoms with Crippen LogP contribution in [-0.4, -0.2) is 46.5 Å². The minimum Gasteiger partial charge on any atom is -0.497 e. The third-order valence-corrected chi connectivity index (χ3v) is 5.28. The minimum absolute atomic E-state index is 0.108. The largest absolute Gasteiger partial charge is 0.497 e. The monoisotopic (exact) mass is 390 g/mol. The number of rotatable bonds is 5. The molecule has 1 fully saturated rings. The van der Waals surface area contributed by atoms with E-state index in [1.165, 1.54) is 0 Å². The fourth-order valence-corrected chi connectivity index (χ4v) is 3.73. The first kappa shape index (κ1) is 17.9. The van der Waals surface area contributed by atoms with E-state index in [-0.39, 0.29) is 6.10 Å². The van der Waals surface area contributed by atoms with Crippen molar-refractivity contribution in [3.63, 3.8) is 0 Å². The molecule has 0 N–H and O–H groups in total. The van der Waals surface area contributed by atoms with Crippen LogP contribution in [0.15, 0.2) is 65.4 Å². The maximum atomic E-state index is 6.02. The molecular weight excluding hydrogens is 368 g/mol. The molecular formula is C22H22N4O3. The van der Waals surface area contributed by atoms with E-state index < -0.39 is 0 Å². The van der Waals surface area contributed by atoms with E-state index in [2.05, 4.69) is 27.3 Å². The normalized spacial score (nSPS) is 17.6. The second-order valence-electron chi connectivity index (χ2n) is 7.12. The number of hydrogen-bond acceptors (Lipinski definition) is 6. The fraction of sp³-hybridized carbons (Fsp3) is 0.273. The molecule has 0 radical (unpaired) electrons. The van der Waals surface area contributed by atoms with Crippen LogP contribution in [0.1, 0.15) is 17.6 Å². The summed E-state index contributed by atoms with van der Waals surface area (Å²) in [6, 6.07) is 16.0. The molecule has 0 saturated carbocycles. The Hall–Kier alpha value is -3.16. The third-order valence-electron chi connectivity index (χ3n) is 5.28. The second kappa shape index (κ2) is 7.69. The second-order valence-corrected chi connectivity index (χ2v) is 7.12. The van der Waals surface area contributed by atoms with Gasteiger partial charge in [0.25, 0.3) is 0 Å². The Kier molecular flexibility index (Phi) is 4.75. The molecule has 7 heteroatoms. The van der Waals surface area contributed by atoms with Crippen LogP contribution in [0.4, 0.5) is 0 Å². The zero-order chi connectivity index (χ0) is 19.6. The standard InChI is InChI=1S/C22H22N4O3/c1-27-18-7-4-16(5-8-18)17-6-9-20-22(23-24-26(20)13-17)21-15-25(10-12-29-21)14-19-3-2-11-28-19/h2-9,11,13,21H,10,12,14-15H2,1H3/t21-/m0/s1. The summed E-state index contributed by atoms with van der Waals surface area (Å²) in [7, 11) is 1.67. The highest BCUT2D eigenvalue weighted by Gasteiger charge is 2.26. The van der Waals surface area contributed by atoms with Crippen molar-refractivity contribution >= 4 is 5.52 Å². The minimum atomic E-state index is -0.108. The lowest BCUT2D eigenvalue weighted by Crippen LogP contribution is -2.37. The molecule has 4 aromatic rings. The molecule has 1 atom stereocenters. The van der Waals surface area contributed by atoms with Gasteiger partial charge in [-0.3, -0.25) is 4.90 Å². The summed E-state index contributed by atoms with van der Waals surface area (Å²) in [5.41, 5.74) is 4.01. The highest BCUT2D eigenvalue weighted by atomic mass is 16.5. The Morgan fingerprint density at radius 3 is 2.76 bits per heavy atom. The molecule has 0 aliphatic carbocycles. The van der Waals surface area contributed by atoms with E-state index in [4.69, 9.17) is 13.9 Å². The number of nitrogens with zero attached hydrogens (tertiary/aromatic N) is 4. The average Bonchev–Trinajstić information content (AvgIpc) is 3.43. The third kappa shape index (κ3) is 3.62. The SMILES string of the molecule is COc1ccc(-c2ccc3c([C@@H]4CN(Cc5ccco5)CCO4)nnn3c2)cc1.